The SMILES string of the molecule is Nc1nc(Cc2ccccc2)cs1. The zero-order chi connectivity index (χ0) is 9.10. The van der Waals surface area contributed by atoms with Gasteiger partial charge < -0.3 is 5.73 Å². The summed E-state index contributed by atoms with van der Waals surface area (Å²) in [7, 11) is 0. The normalized spacial score (nSPS) is 10.2. The van der Waals surface area contributed by atoms with Gasteiger partial charge in [0.2, 0.25) is 0 Å². The van der Waals surface area contributed by atoms with Gasteiger partial charge in [0.05, 0.1) is 5.69 Å². The second kappa shape index (κ2) is 3.58. The number of hydrogen-bond acceptors (Lipinski definition) is 3. The Morgan fingerprint density at radius 3 is 2.62 bits per heavy atom. The van der Waals surface area contributed by atoms with Crippen molar-refractivity contribution in [2.45, 2.75) is 6.42 Å². The van der Waals surface area contributed by atoms with Gasteiger partial charge in [-0.1, -0.05) is 30.3 Å². The number of aromatic nitrogens is 1. The number of hydrogen-bond donors (Lipinski definition) is 1. The van der Waals surface area contributed by atoms with Crippen LogP contribution in [0.2, 0.25) is 0 Å². The molecule has 2 aromatic rings. The molecule has 0 aliphatic rings. The highest BCUT2D eigenvalue weighted by molar-refractivity contribution is 7.13. The Balaban J connectivity index is 2.15. The van der Waals surface area contributed by atoms with E-state index in [0.717, 1.165) is 12.1 Å². The predicted molar refractivity (Wildman–Crippen MR) is 55.8 cm³/mol. The Hall–Kier alpha value is -1.35. The van der Waals surface area contributed by atoms with Gasteiger partial charge in [0.25, 0.3) is 0 Å². The van der Waals surface area contributed by atoms with Crippen molar-refractivity contribution < 1.29 is 0 Å². The zero-order valence-electron chi connectivity index (χ0n) is 7.10. The van der Waals surface area contributed by atoms with E-state index >= 15 is 0 Å². The Morgan fingerprint density at radius 2 is 2.00 bits per heavy atom. The van der Waals surface area contributed by atoms with E-state index in [4.69, 9.17) is 5.73 Å². The summed E-state index contributed by atoms with van der Waals surface area (Å²) in [6, 6.07) is 10.3. The first-order chi connectivity index (χ1) is 6.34. The summed E-state index contributed by atoms with van der Waals surface area (Å²) < 4.78 is 0. The molecule has 0 atom stereocenters. The smallest absolute Gasteiger partial charge is 0.180 e. The van der Waals surface area contributed by atoms with Crippen molar-refractivity contribution in [1.29, 1.82) is 0 Å². The molecule has 2 N–H and O–H groups in total. The minimum atomic E-state index is 0.644. The van der Waals surface area contributed by atoms with Gasteiger partial charge in [-0.2, -0.15) is 0 Å². The van der Waals surface area contributed by atoms with E-state index in [1.54, 1.807) is 0 Å². The average Bonchev–Trinajstić information content (AvgIpc) is 2.53. The van der Waals surface area contributed by atoms with Crippen LogP contribution in [-0.4, -0.2) is 4.98 Å². The highest BCUT2D eigenvalue weighted by Crippen LogP contribution is 2.14. The van der Waals surface area contributed by atoms with Crippen molar-refractivity contribution in [1.82, 2.24) is 4.98 Å². The van der Waals surface area contributed by atoms with Crippen LogP contribution in [0, 0.1) is 0 Å². The maximum absolute atomic E-state index is 5.54. The Kier molecular flexibility index (Phi) is 2.27. The molecule has 0 radical (unpaired) electrons. The van der Waals surface area contributed by atoms with E-state index in [9.17, 15) is 0 Å². The zero-order valence-corrected chi connectivity index (χ0v) is 7.92. The monoisotopic (exact) mass is 190 g/mol. The third-order valence-corrected chi connectivity index (χ3v) is 2.52. The summed E-state index contributed by atoms with van der Waals surface area (Å²) in [4.78, 5) is 4.20. The fourth-order valence-corrected chi connectivity index (χ4v) is 1.77. The van der Waals surface area contributed by atoms with Crippen LogP contribution in [0.5, 0.6) is 0 Å². The van der Waals surface area contributed by atoms with Gasteiger partial charge in [0, 0.05) is 11.8 Å². The molecule has 0 bridgehead atoms. The molecule has 2 nitrogen and oxygen atoms in total. The Labute approximate surface area is 81.1 Å². The van der Waals surface area contributed by atoms with Gasteiger partial charge in [0.1, 0.15) is 0 Å². The molecule has 0 fully saturated rings. The van der Waals surface area contributed by atoms with Crippen molar-refractivity contribution in [3.05, 3.63) is 47.0 Å². The summed E-state index contributed by atoms with van der Waals surface area (Å²) in [5, 5.41) is 2.65. The standard InChI is InChI=1S/C10H10N2S/c11-10-12-9(7-13-10)6-8-4-2-1-3-5-8/h1-5,7H,6H2,(H2,11,12). The van der Waals surface area contributed by atoms with Crippen LogP contribution < -0.4 is 5.73 Å². The lowest BCUT2D eigenvalue weighted by Crippen LogP contribution is -1.89. The molecular formula is C10H10N2S. The van der Waals surface area contributed by atoms with E-state index in [1.807, 2.05) is 23.6 Å². The summed E-state index contributed by atoms with van der Waals surface area (Å²) in [6.07, 6.45) is 0.870. The fourth-order valence-electron chi connectivity index (χ4n) is 1.21. The Morgan fingerprint density at radius 1 is 1.23 bits per heavy atom. The number of rotatable bonds is 2. The second-order valence-electron chi connectivity index (χ2n) is 2.84. The molecule has 1 aromatic heterocycles. The number of nitrogen functional groups attached to an aromatic ring is 1. The molecule has 0 spiro atoms. The molecule has 66 valence electrons. The lowest BCUT2D eigenvalue weighted by Gasteiger charge is -1.95. The minimum absolute atomic E-state index is 0.644. The van der Waals surface area contributed by atoms with Gasteiger partial charge in [-0.3, -0.25) is 0 Å². The number of anilines is 1. The van der Waals surface area contributed by atoms with Crippen LogP contribution in [-0.2, 0) is 6.42 Å². The van der Waals surface area contributed by atoms with Crippen molar-refractivity contribution in [3.8, 4) is 0 Å². The molecule has 1 heterocycles. The summed E-state index contributed by atoms with van der Waals surface area (Å²) >= 11 is 1.49. The average molecular weight is 190 g/mol. The highest BCUT2D eigenvalue weighted by atomic mass is 32.1. The van der Waals surface area contributed by atoms with Crippen LogP contribution in [0.25, 0.3) is 0 Å². The van der Waals surface area contributed by atoms with Gasteiger partial charge >= 0.3 is 0 Å². The molecule has 0 aliphatic carbocycles. The predicted octanol–water partition coefficient (Wildman–Crippen LogP) is 2.32. The summed E-state index contributed by atoms with van der Waals surface area (Å²) in [5.41, 5.74) is 7.86. The fraction of sp³-hybridized carbons (Fsp3) is 0.100. The van der Waals surface area contributed by atoms with Gasteiger partial charge in [-0.05, 0) is 5.56 Å². The lowest BCUT2D eigenvalue weighted by molar-refractivity contribution is 1.11. The largest absolute Gasteiger partial charge is 0.375 e. The molecule has 0 aliphatic heterocycles. The Bertz CT molecular complexity index is 381. The number of thiazole rings is 1. The first-order valence-electron chi connectivity index (χ1n) is 4.08. The maximum Gasteiger partial charge on any atom is 0.180 e. The van der Waals surface area contributed by atoms with Crippen LogP contribution >= 0.6 is 11.3 Å². The molecule has 3 heteroatoms. The first kappa shape index (κ1) is 8.26. The van der Waals surface area contributed by atoms with E-state index in [-0.39, 0.29) is 0 Å². The van der Waals surface area contributed by atoms with Crippen LogP contribution in [0.1, 0.15) is 11.3 Å². The van der Waals surface area contributed by atoms with Crippen molar-refractivity contribution in [2.24, 2.45) is 0 Å². The third kappa shape index (κ3) is 2.06. The summed E-state index contributed by atoms with van der Waals surface area (Å²) in [6.45, 7) is 0. The molecule has 0 unspecified atom stereocenters. The molecule has 13 heavy (non-hydrogen) atoms. The molecule has 0 amide bonds. The molecular weight excluding hydrogens is 180 g/mol. The number of nitrogens with zero attached hydrogens (tertiary/aromatic N) is 1. The summed E-state index contributed by atoms with van der Waals surface area (Å²) in [5.74, 6) is 0. The minimum Gasteiger partial charge on any atom is -0.375 e. The van der Waals surface area contributed by atoms with Gasteiger partial charge in [-0.15, -0.1) is 11.3 Å². The second-order valence-corrected chi connectivity index (χ2v) is 3.73. The van der Waals surface area contributed by atoms with Crippen LogP contribution in [0.15, 0.2) is 35.7 Å². The lowest BCUT2D eigenvalue weighted by atomic mass is 10.1. The topological polar surface area (TPSA) is 38.9 Å². The maximum atomic E-state index is 5.54. The molecule has 1 aromatic carbocycles. The first-order valence-corrected chi connectivity index (χ1v) is 4.96. The van der Waals surface area contributed by atoms with Crippen molar-refractivity contribution in [3.63, 3.8) is 0 Å². The molecule has 0 saturated heterocycles. The number of nitrogens with two attached hydrogens (primary N) is 1. The highest BCUT2D eigenvalue weighted by Gasteiger charge is 1.99. The van der Waals surface area contributed by atoms with E-state index in [0.29, 0.717) is 5.13 Å². The van der Waals surface area contributed by atoms with Crippen molar-refractivity contribution in [2.75, 3.05) is 5.73 Å². The molecule has 2 rings (SSSR count). The van der Waals surface area contributed by atoms with E-state index < -0.39 is 0 Å². The van der Waals surface area contributed by atoms with E-state index in [2.05, 4.69) is 17.1 Å². The van der Waals surface area contributed by atoms with Crippen LogP contribution in [0.3, 0.4) is 0 Å². The van der Waals surface area contributed by atoms with Crippen LogP contribution in [0.4, 0.5) is 5.13 Å². The quantitative estimate of drug-likeness (QED) is 0.789. The third-order valence-electron chi connectivity index (χ3n) is 1.80. The molecule has 0 saturated carbocycles. The van der Waals surface area contributed by atoms with E-state index in [1.165, 1.54) is 16.9 Å². The number of benzene rings is 1. The van der Waals surface area contributed by atoms with Gasteiger partial charge in [-0.25, -0.2) is 4.98 Å². The van der Waals surface area contributed by atoms with Crippen molar-refractivity contribution >= 4 is 16.5 Å². The van der Waals surface area contributed by atoms with Gasteiger partial charge in [0.15, 0.2) is 5.13 Å².